The van der Waals surface area contributed by atoms with E-state index in [0.717, 1.165) is 29.0 Å². The monoisotopic (exact) mass is 484 g/mol. The standard InChI is InChI=1S/C28H28N4O2S/c1-4-29-24-15-14-22(20(3)33)16-25(24)31-28-32(18-21-11-6-5-7-12-21)27(34)26(35-28)17-30-23-13-9-8-10-19(23)2/h5-17,29,34H,4,18H2,1-3H3. The van der Waals surface area contributed by atoms with Crippen molar-refractivity contribution >= 4 is 40.4 Å². The molecule has 1 heterocycles. The van der Waals surface area contributed by atoms with Crippen LogP contribution in [0.2, 0.25) is 0 Å². The van der Waals surface area contributed by atoms with Crippen molar-refractivity contribution in [1.29, 1.82) is 0 Å². The summed E-state index contributed by atoms with van der Waals surface area (Å²) >= 11 is 1.35. The maximum Gasteiger partial charge on any atom is 0.213 e. The summed E-state index contributed by atoms with van der Waals surface area (Å²) in [6, 6.07) is 23.2. The summed E-state index contributed by atoms with van der Waals surface area (Å²) in [5.74, 6) is 0.0735. The summed E-state index contributed by atoms with van der Waals surface area (Å²) in [5.41, 5.74) is 4.99. The molecule has 6 nitrogen and oxygen atoms in total. The molecule has 0 saturated carbocycles. The molecule has 0 aliphatic rings. The Morgan fingerprint density at radius 2 is 1.80 bits per heavy atom. The number of ketones is 1. The minimum absolute atomic E-state index is 0.0262. The van der Waals surface area contributed by atoms with Gasteiger partial charge in [-0.1, -0.05) is 59.9 Å². The zero-order valence-corrected chi connectivity index (χ0v) is 20.8. The summed E-state index contributed by atoms with van der Waals surface area (Å²) in [7, 11) is 0. The summed E-state index contributed by atoms with van der Waals surface area (Å²) < 4.78 is 1.77. The van der Waals surface area contributed by atoms with E-state index in [1.807, 2.05) is 74.5 Å². The van der Waals surface area contributed by atoms with Crippen LogP contribution in [0.5, 0.6) is 5.88 Å². The molecule has 3 aromatic carbocycles. The number of thiazole rings is 1. The Bertz CT molecular complexity index is 1440. The van der Waals surface area contributed by atoms with Gasteiger partial charge in [-0.15, -0.1) is 0 Å². The fraction of sp³-hybridized carbons (Fsp3) is 0.179. The second-order valence-electron chi connectivity index (χ2n) is 8.12. The number of anilines is 1. The highest BCUT2D eigenvalue weighted by Gasteiger charge is 2.14. The first-order valence-corrected chi connectivity index (χ1v) is 12.3. The normalized spacial score (nSPS) is 11.8. The third kappa shape index (κ3) is 5.75. The van der Waals surface area contributed by atoms with Crippen LogP contribution in [-0.2, 0) is 6.54 Å². The number of carbonyl (C=O) groups excluding carboxylic acids is 1. The molecule has 0 atom stereocenters. The van der Waals surface area contributed by atoms with Gasteiger partial charge in [-0.25, -0.2) is 4.99 Å². The van der Waals surface area contributed by atoms with Gasteiger partial charge in [-0.2, -0.15) is 0 Å². The van der Waals surface area contributed by atoms with Crippen molar-refractivity contribution in [3.05, 3.63) is 99.2 Å². The van der Waals surface area contributed by atoms with Gasteiger partial charge in [0.15, 0.2) is 10.6 Å². The molecular formula is C28H28N4O2S. The van der Waals surface area contributed by atoms with E-state index >= 15 is 0 Å². The molecule has 0 saturated heterocycles. The van der Waals surface area contributed by atoms with Gasteiger partial charge in [-0.05, 0) is 56.2 Å². The van der Waals surface area contributed by atoms with E-state index in [4.69, 9.17) is 4.99 Å². The van der Waals surface area contributed by atoms with E-state index < -0.39 is 0 Å². The van der Waals surface area contributed by atoms with Crippen LogP contribution in [0.25, 0.3) is 0 Å². The molecule has 0 fully saturated rings. The Morgan fingerprint density at radius 1 is 1.06 bits per heavy atom. The lowest BCUT2D eigenvalue weighted by Crippen LogP contribution is -2.15. The largest absolute Gasteiger partial charge is 0.493 e. The van der Waals surface area contributed by atoms with Gasteiger partial charge < -0.3 is 10.4 Å². The lowest BCUT2D eigenvalue weighted by Gasteiger charge is -2.09. The minimum atomic E-state index is -0.0262. The van der Waals surface area contributed by atoms with Gasteiger partial charge in [0.2, 0.25) is 5.88 Å². The summed E-state index contributed by atoms with van der Waals surface area (Å²) in [6.45, 7) is 6.72. The number of hydrogen-bond donors (Lipinski definition) is 2. The number of para-hydroxylation sites is 1. The minimum Gasteiger partial charge on any atom is -0.493 e. The Balaban J connectivity index is 1.86. The molecule has 0 aliphatic carbocycles. The van der Waals surface area contributed by atoms with Crippen LogP contribution < -0.4 is 10.1 Å². The highest BCUT2D eigenvalue weighted by Crippen LogP contribution is 2.28. The average Bonchev–Trinajstić information content (AvgIpc) is 3.14. The molecule has 0 radical (unpaired) electrons. The van der Waals surface area contributed by atoms with Gasteiger partial charge in [0, 0.05) is 12.1 Å². The van der Waals surface area contributed by atoms with E-state index in [1.165, 1.54) is 11.3 Å². The molecule has 0 bridgehead atoms. The number of benzene rings is 3. The van der Waals surface area contributed by atoms with Gasteiger partial charge in [0.05, 0.1) is 29.8 Å². The van der Waals surface area contributed by atoms with Crippen LogP contribution in [0.3, 0.4) is 0 Å². The number of hydrogen-bond acceptors (Lipinski definition) is 6. The molecule has 4 rings (SSSR count). The zero-order chi connectivity index (χ0) is 24.8. The number of rotatable bonds is 8. The molecule has 178 valence electrons. The van der Waals surface area contributed by atoms with Crippen molar-refractivity contribution < 1.29 is 9.90 Å². The highest BCUT2D eigenvalue weighted by atomic mass is 32.1. The van der Waals surface area contributed by atoms with E-state index in [0.29, 0.717) is 27.5 Å². The molecule has 4 aromatic rings. The van der Waals surface area contributed by atoms with Crippen LogP contribution in [0.1, 0.15) is 40.2 Å². The van der Waals surface area contributed by atoms with Crippen molar-refractivity contribution in [2.24, 2.45) is 9.98 Å². The van der Waals surface area contributed by atoms with E-state index in [9.17, 15) is 9.90 Å². The average molecular weight is 485 g/mol. The van der Waals surface area contributed by atoms with E-state index in [1.54, 1.807) is 29.8 Å². The van der Waals surface area contributed by atoms with E-state index in [-0.39, 0.29) is 11.7 Å². The number of aryl methyl sites for hydroxylation is 1. The van der Waals surface area contributed by atoms with Crippen LogP contribution >= 0.6 is 11.3 Å². The van der Waals surface area contributed by atoms with Crippen LogP contribution in [-0.4, -0.2) is 28.2 Å². The molecule has 35 heavy (non-hydrogen) atoms. The molecule has 1 aromatic heterocycles. The molecule has 0 aliphatic heterocycles. The maximum atomic E-state index is 12.0. The molecular weight excluding hydrogens is 456 g/mol. The quantitative estimate of drug-likeness (QED) is 0.230. The highest BCUT2D eigenvalue weighted by molar-refractivity contribution is 7.11. The van der Waals surface area contributed by atoms with E-state index in [2.05, 4.69) is 10.3 Å². The summed E-state index contributed by atoms with van der Waals surface area (Å²) in [6.07, 6.45) is 1.68. The first-order valence-electron chi connectivity index (χ1n) is 11.5. The molecule has 0 spiro atoms. The predicted molar refractivity (Wildman–Crippen MR) is 144 cm³/mol. The molecule has 7 heteroatoms. The Labute approximate surface area is 209 Å². The molecule has 2 N–H and O–H groups in total. The van der Waals surface area contributed by atoms with Gasteiger partial charge in [-0.3, -0.25) is 14.4 Å². The van der Waals surface area contributed by atoms with Crippen molar-refractivity contribution in [2.45, 2.75) is 27.3 Å². The Kier molecular flexibility index (Phi) is 7.57. The number of aromatic hydroxyl groups is 1. The molecule has 0 unspecified atom stereocenters. The number of carbonyl (C=O) groups is 1. The summed E-state index contributed by atoms with van der Waals surface area (Å²) in [4.78, 5) is 22.7. The first kappa shape index (κ1) is 24.2. The van der Waals surface area contributed by atoms with Crippen LogP contribution in [0.15, 0.2) is 82.8 Å². The van der Waals surface area contributed by atoms with Gasteiger partial charge in [0.1, 0.15) is 4.88 Å². The number of nitrogens with zero attached hydrogens (tertiary/aromatic N) is 3. The van der Waals surface area contributed by atoms with Crippen molar-refractivity contribution in [3.63, 3.8) is 0 Å². The third-order valence-corrected chi connectivity index (χ3v) is 6.52. The van der Waals surface area contributed by atoms with Crippen LogP contribution in [0.4, 0.5) is 17.1 Å². The first-order chi connectivity index (χ1) is 17.0. The maximum absolute atomic E-state index is 12.0. The zero-order valence-electron chi connectivity index (χ0n) is 20.0. The second-order valence-corrected chi connectivity index (χ2v) is 9.13. The van der Waals surface area contributed by atoms with Crippen LogP contribution in [0, 0.1) is 6.92 Å². The summed E-state index contributed by atoms with van der Waals surface area (Å²) in [5, 5.41) is 14.5. The van der Waals surface area contributed by atoms with Crippen molar-refractivity contribution in [2.75, 3.05) is 11.9 Å². The SMILES string of the molecule is CCNc1ccc(C(C)=O)cc1N=c1sc(C=Nc2ccccc2C)c(O)n1Cc1ccccc1. The molecule has 0 amide bonds. The van der Waals surface area contributed by atoms with Crippen molar-refractivity contribution in [1.82, 2.24) is 4.57 Å². The lowest BCUT2D eigenvalue weighted by molar-refractivity contribution is 0.101. The number of aliphatic imine (C=N–C) groups is 1. The second kappa shape index (κ2) is 11.0. The fourth-order valence-electron chi connectivity index (χ4n) is 3.62. The predicted octanol–water partition coefficient (Wildman–Crippen LogP) is 6.23. The fourth-order valence-corrected chi connectivity index (χ4v) is 4.53. The number of nitrogens with one attached hydrogen (secondary N) is 1. The van der Waals surface area contributed by atoms with Gasteiger partial charge in [0.25, 0.3) is 0 Å². The van der Waals surface area contributed by atoms with Gasteiger partial charge >= 0.3 is 0 Å². The Morgan fingerprint density at radius 3 is 2.51 bits per heavy atom. The number of aromatic nitrogens is 1. The topological polar surface area (TPSA) is 79.0 Å². The smallest absolute Gasteiger partial charge is 0.213 e. The lowest BCUT2D eigenvalue weighted by atomic mass is 10.1. The van der Waals surface area contributed by atoms with Crippen molar-refractivity contribution in [3.8, 4) is 5.88 Å². The number of Topliss-reactive ketones (excluding diaryl/α,β-unsaturated/α-hetero) is 1. The third-order valence-electron chi connectivity index (χ3n) is 5.52. The Hall–Kier alpha value is -3.97.